The topological polar surface area (TPSA) is 81.6 Å². The van der Waals surface area contributed by atoms with Gasteiger partial charge in [0.05, 0.1) is 5.60 Å². The second-order valence-corrected chi connectivity index (χ2v) is 5.96. The van der Waals surface area contributed by atoms with E-state index in [1.54, 1.807) is 0 Å². The molecule has 2 unspecified atom stereocenters. The molecule has 1 heterocycles. The van der Waals surface area contributed by atoms with Gasteiger partial charge in [0.1, 0.15) is 11.6 Å². The van der Waals surface area contributed by atoms with Crippen LogP contribution in [0.1, 0.15) is 31.2 Å². The Morgan fingerprint density at radius 1 is 1.35 bits per heavy atom. The first kappa shape index (κ1) is 17.6. The SMILES string of the molecule is O=C(O)NCCCC(O)(c1cc(F)cc(F)c1)C1CCCNC1. The number of halogens is 2. The van der Waals surface area contributed by atoms with Gasteiger partial charge in [0.25, 0.3) is 0 Å². The molecule has 2 rings (SSSR count). The van der Waals surface area contributed by atoms with E-state index in [-0.39, 0.29) is 24.4 Å². The number of piperidine rings is 1. The Labute approximate surface area is 133 Å². The Hall–Kier alpha value is -1.73. The summed E-state index contributed by atoms with van der Waals surface area (Å²) in [6, 6.07) is 3.08. The average Bonchev–Trinajstić information content (AvgIpc) is 2.51. The fourth-order valence-corrected chi connectivity index (χ4v) is 3.20. The molecule has 128 valence electrons. The molecule has 1 amide bonds. The summed E-state index contributed by atoms with van der Waals surface area (Å²) in [7, 11) is 0. The van der Waals surface area contributed by atoms with Crippen LogP contribution in [0.4, 0.5) is 13.6 Å². The Balaban J connectivity index is 2.20. The predicted molar refractivity (Wildman–Crippen MR) is 81.1 cm³/mol. The summed E-state index contributed by atoms with van der Waals surface area (Å²) in [5.41, 5.74) is -1.18. The lowest BCUT2D eigenvalue weighted by molar-refractivity contribution is -0.0425. The van der Waals surface area contributed by atoms with Crippen LogP contribution in [-0.2, 0) is 5.60 Å². The van der Waals surface area contributed by atoms with Gasteiger partial charge in [0.2, 0.25) is 0 Å². The Kier molecular flexibility index (Phi) is 5.90. The lowest BCUT2D eigenvalue weighted by Crippen LogP contribution is -2.44. The van der Waals surface area contributed by atoms with E-state index < -0.39 is 23.3 Å². The van der Waals surface area contributed by atoms with Crippen LogP contribution in [0.2, 0.25) is 0 Å². The van der Waals surface area contributed by atoms with E-state index >= 15 is 0 Å². The minimum absolute atomic E-state index is 0.176. The third kappa shape index (κ3) is 4.62. The van der Waals surface area contributed by atoms with E-state index in [9.17, 15) is 18.7 Å². The molecule has 0 aromatic heterocycles. The van der Waals surface area contributed by atoms with E-state index in [2.05, 4.69) is 10.6 Å². The molecule has 1 aliphatic rings. The number of amides is 1. The zero-order chi connectivity index (χ0) is 16.9. The molecule has 1 aliphatic heterocycles. The van der Waals surface area contributed by atoms with Crippen LogP contribution in [0.15, 0.2) is 18.2 Å². The van der Waals surface area contributed by atoms with Gasteiger partial charge in [-0.05, 0) is 49.9 Å². The van der Waals surface area contributed by atoms with Crippen molar-refractivity contribution in [2.24, 2.45) is 5.92 Å². The van der Waals surface area contributed by atoms with Crippen molar-refractivity contribution in [3.63, 3.8) is 0 Å². The summed E-state index contributed by atoms with van der Waals surface area (Å²) in [5, 5.41) is 25.2. The standard InChI is InChI=1S/C16H22F2N2O3/c17-13-7-12(8-14(18)9-13)16(23,4-2-6-20-15(21)22)11-3-1-5-19-10-11/h7-9,11,19-20,23H,1-6,10H2,(H,21,22). The first-order valence-corrected chi connectivity index (χ1v) is 7.78. The molecule has 0 radical (unpaired) electrons. The summed E-state index contributed by atoms with van der Waals surface area (Å²) >= 11 is 0. The largest absolute Gasteiger partial charge is 0.465 e. The van der Waals surface area contributed by atoms with Crippen LogP contribution in [0.5, 0.6) is 0 Å². The van der Waals surface area contributed by atoms with Gasteiger partial charge >= 0.3 is 6.09 Å². The van der Waals surface area contributed by atoms with E-state index in [0.29, 0.717) is 13.0 Å². The summed E-state index contributed by atoms with van der Waals surface area (Å²) < 4.78 is 27.1. The van der Waals surface area contributed by atoms with Crippen molar-refractivity contribution in [2.45, 2.75) is 31.3 Å². The quantitative estimate of drug-likeness (QED) is 0.604. The lowest BCUT2D eigenvalue weighted by atomic mass is 9.74. The van der Waals surface area contributed by atoms with Crippen LogP contribution < -0.4 is 10.6 Å². The molecule has 23 heavy (non-hydrogen) atoms. The van der Waals surface area contributed by atoms with Crippen molar-refractivity contribution >= 4 is 6.09 Å². The Morgan fingerprint density at radius 3 is 2.61 bits per heavy atom. The highest BCUT2D eigenvalue weighted by Crippen LogP contribution is 2.38. The minimum atomic E-state index is -1.39. The normalized spacial score (nSPS) is 20.7. The fraction of sp³-hybridized carbons (Fsp3) is 0.562. The molecule has 4 N–H and O–H groups in total. The highest BCUT2D eigenvalue weighted by Gasteiger charge is 2.39. The van der Waals surface area contributed by atoms with Crippen LogP contribution in [0.25, 0.3) is 0 Å². The van der Waals surface area contributed by atoms with Gasteiger partial charge in [0.15, 0.2) is 0 Å². The van der Waals surface area contributed by atoms with Crippen LogP contribution in [-0.4, -0.2) is 35.9 Å². The molecule has 0 spiro atoms. The molecule has 1 aromatic carbocycles. The molecular weight excluding hydrogens is 306 g/mol. The molecular formula is C16H22F2N2O3. The number of benzene rings is 1. The summed E-state index contributed by atoms with van der Waals surface area (Å²) in [5.74, 6) is -1.64. The van der Waals surface area contributed by atoms with Crippen molar-refractivity contribution < 1.29 is 23.8 Å². The second-order valence-electron chi connectivity index (χ2n) is 5.96. The molecule has 5 nitrogen and oxygen atoms in total. The second kappa shape index (κ2) is 7.70. The lowest BCUT2D eigenvalue weighted by Gasteiger charge is -2.39. The van der Waals surface area contributed by atoms with Gasteiger partial charge in [-0.2, -0.15) is 0 Å². The van der Waals surface area contributed by atoms with Gasteiger partial charge in [0, 0.05) is 25.1 Å². The predicted octanol–water partition coefficient (Wildman–Crippen LogP) is 2.20. The van der Waals surface area contributed by atoms with Gasteiger partial charge in [-0.1, -0.05) is 0 Å². The number of carboxylic acid groups (broad SMARTS) is 1. The van der Waals surface area contributed by atoms with Crippen molar-refractivity contribution in [3.05, 3.63) is 35.4 Å². The molecule has 0 saturated carbocycles. The smallest absolute Gasteiger partial charge is 0.404 e. The number of nitrogens with one attached hydrogen (secondary N) is 2. The van der Waals surface area contributed by atoms with E-state index in [0.717, 1.165) is 37.6 Å². The van der Waals surface area contributed by atoms with Gasteiger partial charge in [-0.15, -0.1) is 0 Å². The monoisotopic (exact) mass is 328 g/mol. The van der Waals surface area contributed by atoms with Gasteiger partial charge in [-0.25, -0.2) is 13.6 Å². The summed E-state index contributed by atoms with van der Waals surface area (Å²) in [4.78, 5) is 10.5. The zero-order valence-electron chi connectivity index (χ0n) is 12.8. The maximum Gasteiger partial charge on any atom is 0.404 e. The maximum absolute atomic E-state index is 13.6. The van der Waals surface area contributed by atoms with Crippen LogP contribution >= 0.6 is 0 Å². The number of aliphatic hydroxyl groups is 1. The first-order chi connectivity index (χ1) is 10.9. The molecule has 7 heteroatoms. The van der Waals surface area contributed by atoms with Gasteiger partial charge < -0.3 is 20.8 Å². The van der Waals surface area contributed by atoms with Crippen molar-refractivity contribution in [3.8, 4) is 0 Å². The maximum atomic E-state index is 13.6. The first-order valence-electron chi connectivity index (χ1n) is 7.78. The summed E-state index contributed by atoms with van der Waals surface area (Å²) in [6.07, 6.45) is 1.08. The van der Waals surface area contributed by atoms with Crippen LogP contribution in [0, 0.1) is 17.6 Å². The van der Waals surface area contributed by atoms with E-state index in [1.807, 2.05) is 0 Å². The number of carbonyl (C=O) groups is 1. The Bertz CT molecular complexity index is 530. The number of hydrogen-bond acceptors (Lipinski definition) is 3. The van der Waals surface area contributed by atoms with Crippen molar-refractivity contribution in [1.82, 2.24) is 10.6 Å². The number of hydrogen-bond donors (Lipinski definition) is 4. The van der Waals surface area contributed by atoms with Crippen LogP contribution in [0.3, 0.4) is 0 Å². The highest BCUT2D eigenvalue weighted by molar-refractivity contribution is 5.64. The van der Waals surface area contributed by atoms with Gasteiger partial charge in [-0.3, -0.25) is 0 Å². The summed E-state index contributed by atoms with van der Waals surface area (Å²) in [6.45, 7) is 1.58. The van der Waals surface area contributed by atoms with Crippen molar-refractivity contribution in [2.75, 3.05) is 19.6 Å². The third-order valence-electron chi connectivity index (χ3n) is 4.35. The minimum Gasteiger partial charge on any atom is -0.465 e. The molecule has 2 atom stereocenters. The Morgan fingerprint density at radius 2 is 2.04 bits per heavy atom. The molecule has 1 aromatic rings. The third-order valence-corrected chi connectivity index (χ3v) is 4.35. The zero-order valence-corrected chi connectivity index (χ0v) is 12.8. The van der Waals surface area contributed by atoms with E-state index in [4.69, 9.17) is 5.11 Å². The number of rotatable bonds is 6. The average molecular weight is 328 g/mol. The molecule has 0 bridgehead atoms. The van der Waals surface area contributed by atoms with E-state index in [1.165, 1.54) is 0 Å². The molecule has 0 aliphatic carbocycles. The van der Waals surface area contributed by atoms with Crippen molar-refractivity contribution in [1.29, 1.82) is 0 Å². The fourth-order valence-electron chi connectivity index (χ4n) is 3.20. The molecule has 1 saturated heterocycles. The molecule has 1 fully saturated rings. The highest BCUT2D eigenvalue weighted by atomic mass is 19.1.